The van der Waals surface area contributed by atoms with Crippen molar-refractivity contribution in [2.75, 3.05) is 38.6 Å². The molecule has 150 valence electrons. The molecule has 1 aliphatic heterocycles. The molecule has 1 saturated heterocycles. The first-order valence-electron chi connectivity index (χ1n) is 9.41. The number of ether oxygens (including phenoxy) is 1. The molecule has 2 heterocycles. The molecule has 0 spiro atoms. The molecule has 0 bridgehead atoms. The molecule has 0 radical (unpaired) electrons. The number of rotatable bonds is 8. The summed E-state index contributed by atoms with van der Waals surface area (Å²) in [6, 6.07) is 9.99. The number of nitrogens with zero attached hydrogens (tertiary/aromatic N) is 3. The van der Waals surface area contributed by atoms with Crippen LogP contribution in [0, 0.1) is 0 Å². The summed E-state index contributed by atoms with van der Waals surface area (Å²) in [6.07, 6.45) is 3.84. The fraction of sp³-hybridized carbons (Fsp3) is 0.450. The molecule has 1 aliphatic rings. The summed E-state index contributed by atoms with van der Waals surface area (Å²) in [5, 5.41) is 10.6. The Morgan fingerprint density at radius 3 is 2.79 bits per heavy atom. The average Bonchev–Trinajstić information content (AvgIpc) is 3.19. The zero-order valence-corrected chi connectivity index (χ0v) is 17.2. The summed E-state index contributed by atoms with van der Waals surface area (Å²) < 4.78 is 5.40. The lowest BCUT2D eigenvalue weighted by Crippen LogP contribution is -2.55. The Bertz CT molecular complexity index is 785. The molecule has 1 amide bonds. The molecule has 0 aliphatic carbocycles. The molecule has 28 heavy (non-hydrogen) atoms. The largest absolute Gasteiger partial charge is 0.379 e. The van der Waals surface area contributed by atoms with Crippen molar-refractivity contribution < 1.29 is 9.53 Å². The Labute approximate surface area is 169 Å². The summed E-state index contributed by atoms with van der Waals surface area (Å²) in [4.78, 5) is 18.9. The zero-order valence-electron chi connectivity index (χ0n) is 16.4. The third kappa shape index (κ3) is 6.19. The van der Waals surface area contributed by atoms with Crippen LogP contribution in [0.1, 0.15) is 25.2 Å². The van der Waals surface area contributed by atoms with Gasteiger partial charge in [0.25, 0.3) is 0 Å². The van der Waals surface area contributed by atoms with E-state index in [2.05, 4.69) is 39.2 Å². The first-order valence-corrected chi connectivity index (χ1v) is 10.4. The van der Waals surface area contributed by atoms with Crippen LogP contribution in [-0.2, 0) is 9.53 Å². The van der Waals surface area contributed by atoms with Crippen LogP contribution in [0.25, 0.3) is 12.2 Å². The maximum atomic E-state index is 12.2. The van der Waals surface area contributed by atoms with E-state index in [0.717, 1.165) is 31.9 Å². The molecular formula is C20H27N5O2S. The van der Waals surface area contributed by atoms with Crippen LogP contribution in [0.3, 0.4) is 0 Å². The van der Waals surface area contributed by atoms with E-state index in [1.165, 1.54) is 11.8 Å². The van der Waals surface area contributed by atoms with E-state index in [9.17, 15) is 4.79 Å². The number of nitrogens with one attached hydrogen (secondary N) is 2. The predicted molar refractivity (Wildman–Crippen MR) is 112 cm³/mol. The third-order valence-electron chi connectivity index (χ3n) is 4.63. The van der Waals surface area contributed by atoms with Crippen molar-refractivity contribution >= 4 is 29.8 Å². The molecule has 0 unspecified atom stereocenters. The predicted octanol–water partition coefficient (Wildman–Crippen LogP) is 2.29. The molecule has 3 rings (SSSR count). The number of carbonyl (C=O) groups is 1. The normalized spacial score (nSPS) is 15.8. The van der Waals surface area contributed by atoms with Crippen molar-refractivity contribution in [2.45, 2.75) is 24.5 Å². The minimum atomic E-state index is -0.0932. The van der Waals surface area contributed by atoms with Crippen LogP contribution >= 0.6 is 11.8 Å². The number of aromatic nitrogens is 3. The van der Waals surface area contributed by atoms with Gasteiger partial charge in [-0.2, -0.15) is 0 Å². The highest BCUT2D eigenvalue weighted by atomic mass is 32.2. The van der Waals surface area contributed by atoms with Crippen molar-refractivity contribution in [3.63, 3.8) is 0 Å². The number of carbonyl (C=O) groups excluding carboxylic acids is 1. The summed E-state index contributed by atoms with van der Waals surface area (Å²) in [6.45, 7) is 8.19. The summed E-state index contributed by atoms with van der Waals surface area (Å²) >= 11 is 1.32. The van der Waals surface area contributed by atoms with Crippen molar-refractivity contribution in [1.29, 1.82) is 0 Å². The molecule has 1 aromatic heterocycles. The van der Waals surface area contributed by atoms with Gasteiger partial charge < -0.3 is 10.1 Å². The van der Waals surface area contributed by atoms with Gasteiger partial charge in [-0.15, -0.1) is 5.10 Å². The molecular weight excluding hydrogens is 374 g/mol. The lowest BCUT2D eigenvalue weighted by atomic mass is 10.0. The van der Waals surface area contributed by atoms with Gasteiger partial charge in [-0.1, -0.05) is 48.2 Å². The zero-order chi connectivity index (χ0) is 19.8. The van der Waals surface area contributed by atoms with Crippen LogP contribution in [0.15, 0.2) is 35.5 Å². The first-order chi connectivity index (χ1) is 13.5. The maximum absolute atomic E-state index is 12.2. The number of amides is 1. The van der Waals surface area contributed by atoms with Crippen LogP contribution < -0.4 is 5.32 Å². The second-order valence-electron chi connectivity index (χ2n) is 7.22. The smallest absolute Gasteiger partial charge is 0.230 e. The Balaban J connectivity index is 1.42. The van der Waals surface area contributed by atoms with Crippen LogP contribution in [0.5, 0.6) is 0 Å². The second-order valence-corrected chi connectivity index (χ2v) is 8.17. The number of aromatic amines is 1. The third-order valence-corrected chi connectivity index (χ3v) is 5.48. The lowest BCUT2D eigenvalue weighted by molar-refractivity contribution is -0.119. The Morgan fingerprint density at radius 1 is 1.29 bits per heavy atom. The Morgan fingerprint density at radius 2 is 2.04 bits per heavy atom. The van der Waals surface area contributed by atoms with Crippen LogP contribution in [-0.4, -0.2) is 70.1 Å². The summed E-state index contributed by atoms with van der Waals surface area (Å²) in [7, 11) is 0. The SMILES string of the molecule is CC(C)(CNC(=O)CSc1n[nH]c(/C=C/c2ccccc2)n1)N1CCOCC1. The fourth-order valence-corrected chi connectivity index (χ4v) is 3.55. The minimum Gasteiger partial charge on any atom is -0.379 e. The molecule has 2 N–H and O–H groups in total. The van der Waals surface area contributed by atoms with E-state index in [1.807, 2.05) is 42.5 Å². The number of H-pyrrole nitrogens is 1. The molecule has 1 fully saturated rings. The standard InChI is InChI=1S/C20H27N5O2S/c1-20(2,25-10-12-27-13-11-25)15-21-18(26)14-28-19-22-17(23-24-19)9-8-16-6-4-3-5-7-16/h3-9H,10-15H2,1-2H3,(H,21,26)(H,22,23,24)/b9-8+. The highest BCUT2D eigenvalue weighted by Gasteiger charge is 2.28. The van der Waals surface area contributed by atoms with Crippen LogP contribution in [0.4, 0.5) is 0 Å². The van der Waals surface area contributed by atoms with E-state index in [-0.39, 0.29) is 11.4 Å². The van der Waals surface area contributed by atoms with Gasteiger partial charge in [-0.25, -0.2) is 4.98 Å². The molecule has 1 aromatic carbocycles. The van der Waals surface area contributed by atoms with Gasteiger partial charge in [0, 0.05) is 25.2 Å². The number of thioether (sulfide) groups is 1. The van der Waals surface area contributed by atoms with Gasteiger partial charge in [0.2, 0.25) is 11.1 Å². The number of hydrogen-bond acceptors (Lipinski definition) is 6. The number of morpholine rings is 1. The van der Waals surface area contributed by atoms with Crippen molar-refractivity contribution in [3.05, 3.63) is 41.7 Å². The van der Waals surface area contributed by atoms with Gasteiger partial charge in [0.1, 0.15) is 5.82 Å². The Kier molecular flexibility index (Phi) is 7.24. The quantitative estimate of drug-likeness (QED) is 0.661. The topological polar surface area (TPSA) is 83.1 Å². The van der Waals surface area contributed by atoms with Crippen molar-refractivity contribution in [1.82, 2.24) is 25.4 Å². The highest BCUT2D eigenvalue weighted by molar-refractivity contribution is 7.99. The van der Waals surface area contributed by atoms with Crippen molar-refractivity contribution in [2.24, 2.45) is 0 Å². The molecule has 2 aromatic rings. The van der Waals surface area contributed by atoms with Crippen molar-refractivity contribution in [3.8, 4) is 0 Å². The molecule has 7 nitrogen and oxygen atoms in total. The monoisotopic (exact) mass is 401 g/mol. The average molecular weight is 402 g/mol. The van der Waals surface area contributed by atoms with Gasteiger partial charge in [-0.3, -0.25) is 14.8 Å². The minimum absolute atomic E-state index is 0.0162. The van der Waals surface area contributed by atoms with Gasteiger partial charge in [0.15, 0.2) is 0 Å². The van der Waals surface area contributed by atoms with E-state index < -0.39 is 0 Å². The van der Waals surface area contributed by atoms with Crippen LogP contribution in [0.2, 0.25) is 0 Å². The Hall–Kier alpha value is -2.16. The highest BCUT2D eigenvalue weighted by Crippen LogP contribution is 2.16. The van der Waals surface area contributed by atoms with E-state index >= 15 is 0 Å². The van der Waals surface area contributed by atoms with E-state index in [0.29, 0.717) is 23.3 Å². The van der Waals surface area contributed by atoms with E-state index in [1.54, 1.807) is 0 Å². The molecule has 8 heteroatoms. The van der Waals surface area contributed by atoms with Gasteiger partial charge in [-0.05, 0) is 25.5 Å². The van der Waals surface area contributed by atoms with E-state index in [4.69, 9.17) is 4.74 Å². The first kappa shape index (κ1) is 20.6. The second kappa shape index (κ2) is 9.86. The van der Waals surface area contributed by atoms with Gasteiger partial charge in [0.05, 0.1) is 19.0 Å². The molecule has 0 atom stereocenters. The number of benzene rings is 1. The summed E-state index contributed by atoms with van der Waals surface area (Å²) in [5.41, 5.74) is 1.000. The number of hydrogen-bond donors (Lipinski definition) is 2. The maximum Gasteiger partial charge on any atom is 0.230 e. The lowest BCUT2D eigenvalue weighted by Gasteiger charge is -2.40. The van der Waals surface area contributed by atoms with Gasteiger partial charge >= 0.3 is 0 Å². The molecule has 0 saturated carbocycles. The summed E-state index contributed by atoms with van der Waals surface area (Å²) in [5.74, 6) is 0.941. The fourth-order valence-electron chi connectivity index (χ4n) is 2.91.